The number of hydrogen-bond acceptors (Lipinski definition) is 4. The number of rotatable bonds is 5. The molecule has 6 nitrogen and oxygen atoms in total. The third-order valence-corrected chi connectivity index (χ3v) is 11.5. The summed E-state index contributed by atoms with van der Waals surface area (Å²) in [6.07, 6.45) is 11.6. The van der Waals surface area contributed by atoms with E-state index in [9.17, 15) is 0 Å². The number of pyridine rings is 1. The van der Waals surface area contributed by atoms with Crippen LogP contribution in [0.25, 0.3) is 94.1 Å². The van der Waals surface area contributed by atoms with Crippen LogP contribution >= 0.6 is 0 Å². The van der Waals surface area contributed by atoms with Crippen molar-refractivity contribution >= 4 is 60.0 Å². The van der Waals surface area contributed by atoms with Crippen molar-refractivity contribution in [3.8, 4) is 34.2 Å². The van der Waals surface area contributed by atoms with Crippen LogP contribution in [0.4, 0.5) is 0 Å². The third kappa shape index (κ3) is 4.55. The molecule has 1 saturated carbocycles. The first-order chi connectivity index (χ1) is 27.3. The topological polar surface area (TPSA) is 61.4 Å². The van der Waals surface area contributed by atoms with Gasteiger partial charge in [-0.15, -0.1) is 0 Å². The van der Waals surface area contributed by atoms with Crippen LogP contribution in [0.1, 0.15) is 12.2 Å². The zero-order chi connectivity index (χ0) is 36.0. The Hall–Kier alpha value is -7.18. The van der Waals surface area contributed by atoms with Crippen LogP contribution in [0, 0.1) is 11.8 Å². The molecule has 0 amide bonds. The van der Waals surface area contributed by atoms with Gasteiger partial charge in [-0.1, -0.05) is 127 Å². The average molecular weight is 705 g/mol. The second-order valence-electron chi connectivity index (χ2n) is 14.7. The maximum absolute atomic E-state index is 5.16. The number of allylic oxidation sites excluding steroid dienone is 4. The summed E-state index contributed by atoms with van der Waals surface area (Å²) in [7, 11) is 0. The standard InChI is InChI=1S/C49H32N6/c1-3-14-30(15-4-1)47-51-48(53-49(52-47)37-23-13-16-31-27-40(31)37)32-26-34(29-50-28-32)55-42-25-12-10-22-39(42)44-43-38-21-9-11-24-41(38)54(33-17-5-2-6-18-33)45(43)35-19-7-8-20-36(35)46(44)55/h1-26,28-29,31,40H,27H2. The lowest BCUT2D eigenvalue weighted by atomic mass is 9.99. The number of nitrogens with zero attached hydrogens (tertiary/aromatic N) is 6. The normalized spacial score (nSPS) is 16.3. The van der Waals surface area contributed by atoms with Gasteiger partial charge in [0.05, 0.1) is 34.0 Å². The van der Waals surface area contributed by atoms with Gasteiger partial charge in [0.1, 0.15) is 0 Å². The predicted octanol–water partition coefficient (Wildman–Crippen LogP) is 11.5. The Balaban J connectivity index is 1.15. The van der Waals surface area contributed by atoms with E-state index >= 15 is 0 Å². The molecule has 0 bridgehead atoms. The van der Waals surface area contributed by atoms with Gasteiger partial charge in [-0.25, -0.2) is 15.0 Å². The number of para-hydroxylation sites is 3. The molecular weight excluding hydrogens is 673 g/mol. The lowest BCUT2D eigenvalue weighted by Gasteiger charge is -2.14. The number of fused-ring (bicyclic) bond motifs is 11. The molecule has 2 unspecified atom stereocenters. The minimum Gasteiger partial charge on any atom is -0.309 e. The van der Waals surface area contributed by atoms with E-state index in [1.54, 1.807) is 0 Å². The van der Waals surface area contributed by atoms with E-state index in [0.29, 0.717) is 23.5 Å². The SMILES string of the molecule is C1=CC2CC2C(c2nc(-c3ccccc3)nc(-c3cncc(-n4c5ccccc5c5c6c7ccccc7n(-c7ccccc7)c6c6ccccc6c54)c3)n2)=C1. The van der Waals surface area contributed by atoms with E-state index in [2.05, 4.69) is 149 Å². The van der Waals surface area contributed by atoms with Gasteiger partial charge < -0.3 is 9.13 Å². The van der Waals surface area contributed by atoms with E-state index in [4.69, 9.17) is 19.9 Å². The van der Waals surface area contributed by atoms with Gasteiger partial charge in [-0.3, -0.25) is 4.98 Å². The Morgan fingerprint density at radius 2 is 1.04 bits per heavy atom. The molecule has 6 aromatic carbocycles. The minimum absolute atomic E-state index is 0.462. The average Bonchev–Trinajstić information content (AvgIpc) is 3.87. The second-order valence-corrected chi connectivity index (χ2v) is 14.7. The van der Waals surface area contributed by atoms with E-state index < -0.39 is 0 Å². The molecule has 2 atom stereocenters. The van der Waals surface area contributed by atoms with Crippen LogP contribution in [0.2, 0.25) is 0 Å². The highest BCUT2D eigenvalue weighted by Crippen LogP contribution is 2.51. The molecule has 6 heteroatoms. The molecular formula is C49H32N6. The summed E-state index contributed by atoms with van der Waals surface area (Å²) in [4.78, 5) is 20.2. The molecule has 0 aliphatic heterocycles. The Morgan fingerprint density at radius 3 is 1.71 bits per heavy atom. The highest BCUT2D eigenvalue weighted by Gasteiger charge is 2.41. The number of aromatic nitrogens is 6. The highest BCUT2D eigenvalue weighted by molar-refractivity contribution is 6.37. The summed E-state index contributed by atoms with van der Waals surface area (Å²) in [5.74, 6) is 3.06. The predicted molar refractivity (Wildman–Crippen MR) is 223 cm³/mol. The lowest BCUT2D eigenvalue weighted by molar-refractivity contribution is 0.948. The van der Waals surface area contributed by atoms with Crippen molar-refractivity contribution < 1.29 is 0 Å². The maximum Gasteiger partial charge on any atom is 0.165 e. The lowest BCUT2D eigenvalue weighted by Crippen LogP contribution is -2.05. The Bertz CT molecular complexity index is 3240. The van der Waals surface area contributed by atoms with E-state index in [-0.39, 0.29) is 0 Å². The Morgan fingerprint density at radius 1 is 0.491 bits per heavy atom. The van der Waals surface area contributed by atoms with E-state index in [0.717, 1.165) is 45.8 Å². The van der Waals surface area contributed by atoms with Crippen molar-refractivity contribution in [1.82, 2.24) is 29.1 Å². The zero-order valence-electron chi connectivity index (χ0n) is 29.7. The second kappa shape index (κ2) is 11.7. The van der Waals surface area contributed by atoms with Gasteiger partial charge >= 0.3 is 0 Å². The highest BCUT2D eigenvalue weighted by atomic mass is 15.0. The van der Waals surface area contributed by atoms with Crippen molar-refractivity contribution in [2.75, 3.05) is 0 Å². The minimum atomic E-state index is 0.462. The molecule has 0 N–H and O–H groups in total. The molecule has 55 heavy (non-hydrogen) atoms. The molecule has 4 aromatic heterocycles. The quantitative estimate of drug-likeness (QED) is 0.179. The molecule has 12 rings (SSSR count). The summed E-state index contributed by atoms with van der Waals surface area (Å²) in [5, 5.41) is 7.26. The number of hydrogen-bond donors (Lipinski definition) is 0. The Kier molecular flexibility index (Phi) is 6.42. The molecule has 258 valence electrons. The largest absolute Gasteiger partial charge is 0.309 e. The fourth-order valence-electron chi connectivity index (χ4n) is 8.98. The van der Waals surface area contributed by atoms with Gasteiger partial charge in [-0.2, -0.15) is 0 Å². The first-order valence-corrected chi connectivity index (χ1v) is 18.9. The molecule has 2 aliphatic rings. The first-order valence-electron chi connectivity index (χ1n) is 18.9. The smallest absolute Gasteiger partial charge is 0.165 e. The van der Waals surface area contributed by atoms with E-state index in [1.165, 1.54) is 48.9 Å². The van der Waals surface area contributed by atoms with Crippen LogP contribution in [0.5, 0.6) is 0 Å². The van der Waals surface area contributed by atoms with E-state index in [1.807, 2.05) is 30.6 Å². The van der Waals surface area contributed by atoms with Gasteiger partial charge in [0.2, 0.25) is 0 Å². The van der Waals surface area contributed by atoms with Gasteiger partial charge in [0.25, 0.3) is 0 Å². The summed E-state index contributed by atoms with van der Waals surface area (Å²) in [6.45, 7) is 0. The molecule has 0 spiro atoms. The van der Waals surface area contributed by atoms with Crippen molar-refractivity contribution in [3.63, 3.8) is 0 Å². The van der Waals surface area contributed by atoms with Gasteiger partial charge in [0.15, 0.2) is 17.5 Å². The Labute approximate surface area is 316 Å². The molecule has 1 fully saturated rings. The summed E-state index contributed by atoms with van der Waals surface area (Å²) >= 11 is 0. The maximum atomic E-state index is 5.16. The molecule has 0 saturated heterocycles. The van der Waals surface area contributed by atoms with Crippen molar-refractivity contribution in [3.05, 3.63) is 176 Å². The van der Waals surface area contributed by atoms with Gasteiger partial charge in [-0.05, 0) is 48.6 Å². The molecule has 2 aliphatic carbocycles. The summed E-state index contributed by atoms with van der Waals surface area (Å²) in [6, 6.07) is 49.5. The van der Waals surface area contributed by atoms with Crippen molar-refractivity contribution in [1.29, 1.82) is 0 Å². The molecule has 0 radical (unpaired) electrons. The van der Waals surface area contributed by atoms with Crippen LogP contribution in [-0.4, -0.2) is 29.1 Å². The van der Waals surface area contributed by atoms with Crippen LogP contribution < -0.4 is 0 Å². The first kappa shape index (κ1) is 30.3. The summed E-state index contributed by atoms with van der Waals surface area (Å²) < 4.78 is 4.83. The molecule has 10 aromatic rings. The fourth-order valence-corrected chi connectivity index (χ4v) is 8.98. The zero-order valence-corrected chi connectivity index (χ0v) is 29.7. The van der Waals surface area contributed by atoms with Crippen molar-refractivity contribution in [2.45, 2.75) is 6.42 Å². The van der Waals surface area contributed by atoms with Crippen LogP contribution in [0.15, 0.2) is 170 Å². The molecule has 4 heterocycles. The monoisotopic (exact) mass is 704 g/mol. The van der Waals surface area contributed by atoms with Crippen LogP contribution in [0.3, 0.4) is 0 Å². The van der Waals surface area contributed by atoms with Crippen LogP contribution in [-0.2, 0) is 0 Å². The number of benzene rings is 6. The van der Waals surface area contributed by atoms with Crippen molar-refractivity contribution in [2.24, 2.45) is 11.8 Å². The third-order valence-electron chi connectivity index (χ3n) is 11.5. The summed E-state index contributed by atoms with van der Waals surface area (Å²) in [5.41, 5.74) is 9.74. The fraction of sp³-hybridized carbons (Fsp3) is 0.0612. The van der Waals surface area contributed by atoms with Gasteiger partial charge in [0, 0.05) is 60.9 Å².